The fraction of sp³-hybridized carbons (Fsp3) is 0.263. The average molecular weight is 306 g/mol. The fourth-order valence-corrected chi connectivity index (χ4v) is 3.75. The van der Waals surface area contributed by atoms with Gasteiger partial charge in [0, 0.05) is 28.4 Å². The number of hydrogen-bond acceptors (Lipinski definition) is 3. The van der Waals surface area contributed by atoms with E-state index in [2.05, 4.69) is 36.1 Å². The number of nitrogens with one attached hydrogen (secondary N) is 1. The predicted molar refractivity (Wildman–Crippen MR) is 91.7 cm³/mol. The van der Waals surface area contributed by atoms with Crippen LogP contribution in [0, 0.1) is 4.91 Å². The number of rotatable bonds is 2. The van der Waals surface area contributed by atoms with Crippen molar-refractivity contribution in [3.63, 3.8) is 0 Å². The summed E-state index contributed by atoms with van der Waals surface area (Å²) in [5.74, 6) is 0.879. The molecule has 1 aliphatic rings. The average Bonchev–Trinajstić information content (AvgIpc) is 2.93. The van der Waals surface area contributed by atoms with E-state index in [0.717, 1.165) is 23.1 Å². The van der Waals surface area contributed by atoms with Crippen LogP contribution in [0.3, 0.4) is 0 Å². The second kappa shape index (κ2) is 4.69. The molecule has 4 rings (SSSR count). The van der Waals surface area contributed by atoms with Crippen LogP contribution in [-0.2, 0) is 11.8 Å². The Morgan fingerprint density at radius 3 is 2.74 bits per heavy atom. The third kappa shape index (κ3) is 1.91. The van der Waals surface area contributed by atoms with Gasteiger partial charge in [0.05, 0.1) is 7.11 Å². The molecule has 0 spiro atoms. The zero-order chi connectivity index (χ0) is 16.2. The number of benzene rings is 2. The number of ether oxygens (including phenoxy) is 1. The van der Waals surface area contributed by atoms with Gasteiger partial charge in [-0.1, -0.05) is 19.9 Å². The third-order valence-electron chi connectivity index (χ3n) is 4.98. The zero-order valence-electron chi connectivity index (χ0n) is 13.4. The van der Waals surface area contributed by atoms with Gasteiger partial charge in [-0.05, 0) is 52.2 Å². The summed E-state index contributed by atoms with van der Waals surface area (Å²) in [6.45, 7) is 4.44. The summed E-state index contributed by atoms with van der Waals surface area (Å²) in [4.78, 5) is 14.4. The van der Waals surface area contributed by atoms with Gasteiger partial charge in [0.1, 0.15) is 11.4 Å². The molecule has 2 aromatic carbocycles. The van der Waals surface area contributed by atoms with Crippen molar-refractivity contribution >= 4 is 16.6 Å². The first-order valence-corrected chi connectivity index (χ1v) is 7.70. The van der Waals surface area contributed by atoms with E-state index in [1.54, 1.807) is 13.2 Å². The Hall–Kier alpha value is -2.62. The Labute approximate surface area is 134 Å². The molecule has 0 saturated heterocycles. The van der Waals surface area contributed by atoms with Gasteiger partial charge in [-0.25, -0.2) is 0 Å². The lowest BCUT2D eigenvalue weighted by Crippen LogP contribution is -2.27. The molecule has 1 N–H and O–H groups in total. The first kappa shape index (κ1) is 14.0. The molecule has 116 valence electrons. The van der Waals surface area contributed by atoms with Crippen LogP contribution in [0.5, 0.6) is 5.75 Å². The van der Waals surface area contributed by atoms with E-state index in [1.165, 1.54) is 22.4 Å². The highest BCUT2D eigenvalue weighted by molar-refractivity contribution is 5.89. The highest BCUT2D eigenvalue weighted by Crippen LogP contribution is 2.45. The monoisotopic (exact) mass is 306 g/mol. The number of hydrogen-bond donors (Lipinski definition) is 1. The van der Waals surface area contributed by atoms with Gasteiger partial charge in [-0.15, -0.1) is 4.91 Å². The van der Waals surface area contributed by atoms with Gasteiger partial charge in [-0.3, -0.25) is 0 Å². The van der Waals surface area contributed by atoms with E-state index >= 15 is 0 Å². The number of nitrogens with zero attached hydrogens (tertiary/aromatic N) is 1. The van der Waals surface area contributed by atoms with Gasteiger partial charge in [0.2, 0.25) is 0 Å². The molecule has 4 nitrogen and oxygen atoms in total. The quantitative estimate of drug-likeness (QED) is 0.691. The lowest BCUT2D eigenvalue weighted by molar-refractivity contribution is 0.412. The summed E-state index contributed by atoms with van der Waals surface area (Å²) in [5.41, 5.74) is 6.42. The van der Waals surface area contributed by atoms with Crippen LogP contribution in [0.2, 0.25) is 0 Å². The number of nitroso groups, excluding NO2 is 1. The molecule has 23 heavy (non-hydrogen) atoms. The summed E-state index contributed by atoms with van der Waals surface area (Å²) < 4.78 is 5.39. The standard InChI is InChI=1S/C19H18N2O2/c1-19(2)16-10-13(23-3)6-4-11(16)8-15-14-9-12(21-22)5-7-17(14)20-18(15)19/h4-7,9-10,20H,8H2,1-3H3. The molecule has 0 aliphatic heterocycles. The molecule has 0 amide bonds. The Morgan fingerprint density at radius 2 is 2.00 bits per heavy atom. The van der Waals surface area contributed by atoms with Crippen molar-refractivity contribution in [2.24, 2.45) is 5.18 Å². The van der Waals surface area contributed by atoms with Gasteiger partial charge in [0.15, 0.2) is 0 Å². The van der Waals surface area contributed by atoms with Gasteiger partial charge < -0.3 is 9.72 Å². The number of fused-ring (bicyclic) bond motifs is 4. The Balaban J connectivity index is 1.99. The topological polar surface area (TPSA) is 54.4 Å². The van der Waals surface area contributed by atoms with Crippen molar-refractivity contribution in [2.45, 2.75) is 25.7 Å². The van der Waals surface area contributed by atoms with Crippen molar-refractivity contribution in [3.05, 3.63) is 63.7 Å². The van der Waals surface area contributed by atoms with Gasteiger partial charge >= 0.3 is 0 Å². The molecule has 1 heterocycles. The van der Waals surface area contributed by atoms with Crippen molar-refractivity contribution < 1.29 is 4.74 Å². The fourth-order valence-electron chi connectivity index (χ4n) is 3.75. The molecule has 0 unspecified atom stereocenters. The van der Waals surface area contributed by atoms with Gasteiger partial charge in [-0.2, -0.15) is 0 Å². The summed E-state index contributed by atoms with van der Waals surface area (Å²) in [6.07, 6.45) is 0.848. The smallest absolute Gasteiger partial charge is 0.119 e. The van der Waals surface area contributed by atoms with Crippen molar-refractivity contribution in [1.82, 2.24) is 4.98 Å². The minimum atomic E-state index is -0.148. The molecule has 3 aromatic rings. The summed E-state index contributed by atoms with van der Waals surface area (Å²) in [6, 6.07) is 11.8. The Morgan fingerprint density at radius 1 is 1.17 bits per heavy atom. The van der Waals surface area contributed by atoms with Crippen LogP contribution in [0.25, 0.3) is 10.9 Å². The normalized spacial score (nSPS) is 15.1. The molecular formula is C19H18N2O2. The number of H-pyrrole nitrogens is 1. The van der Waals surface area contributed by atoms with Crippen LogP contribution in [0.1, 0.15) is 36.2 Å². The van der Waals surface area contributed by atoms with Crippen LogP contribution >= 0.6 is 0 Å². The molecule has 0 fully saturated rings. The lowest BCUT2D eigenvalue weighted by Gasteiger charge is -2.33. The van der Waals surface area contributed by atoms with E-state index in [4.69, 9.17) is 4.74 Å². The third-order valence-corrected chi connectivity index (χ3v) is 4.98. The zero-order valence-corrected chi connectivity index (χ0v) is 13.4. The SMILES string of the molecule is COc1ccc2c(c1)C(C)(C)c1[nH]c3ccc(N=O)cc3c1C2. The second-order valence-corrected chi connectivity index (χ2v) is 6.62. The number of aromatic amines is 1. The molecule has 0 saturated carbocycles. The van der Waals surface area contributed by atoms with E-state index in [1.807, 2.05) is 18.2 Å². The first-order chi connectivity index (χ1) is 11.0. The lowest BCUT2D eigenvalue weighted by atomic mass is 9.72. The minimum absolute atomic E-state index is 0.148. The molecule has 0 radical (unpaired) electrons. The van der Waals surface area contributed by atoms with Crippen molar-refractivity contribution in [1.29, 1.82) is 0 Å². The maximum Gasteiger partial charge on any atom is 0.119 e. The van der Waals surface area contributed by atoms with E-state index in [9.17, 15) is 4.91 Å². The van der Waals surface area contributed by atoms with E-state index in [-0.39, 0.29) is 5.41 Å². The highest BCUT2D eigenvalue weighted by Gasteiger charge is 2.35. The van der Waals surface area contributed by atoms with Crippen LogP contribution < -0.4 is 4.74 Å². The number of methoxy groups -OCH3 is 1. The molecule has 1 aromatic heterocycles. The minimum Gasteiger partial charge on any atom is -0.497 e. The molecule has 0 atom stereocenters. The largest absolute Gasteiger partial charge is 0.497 e. The highest BCUT2D eigenvalue weighted by atomic mass is 16.5. The summed E-state index contributed by atoms with van der Waals surface area (Å²) in [5, 5.41) is 4.16. The maximum atomic E-state index is 10.9. The summed E-state index contributed by atoms with van der Waals surface area (Å²) >= 11 is 0. The molecule has 4 heteroatoms. The maximum absolute atomic E-state index is 10.9. The van der Waals surface area contributed by atoms with Gasteiger partial charge in [0.25, 0.3) is 0 Å². The Kier molecular flexibility index (Phi) is 2.85. The first-order valence-electron chi connectivity index (χ1n) is 7.70. The van der Waals surface area contributed by atoms with Crippen LogP contribution in [0.4, 0.5) is 5.69 Å². The molecule has 0 bridgehead atoms. The van der Waals surface area contributed by atoms with Crippen LogP contribution in [0.15, 0.2) is 41.6 Å². The summed E-state index contributed by atoms with van der Waals surface area (Å²) in [7, 11) is 1.69. The van der Waals surface area contributed by atoms with Crippen molar-refractivity contribution in [3.8, 4) is 5.75 Å². The molecule has 1 aliphatic carbocycles. The van der Waals surface area contributed by atoms with E-state index < -0.39 is 0 Å². The van der Waals surface area contributed by atoms with Crippen molar-refractivity contribution in [2.75, 3.05) is 7.11 Å². The predicted octanol–water partition coefficient (Wildman–Crippen LogP) is 4.80. The number of aromatic nitrogens is 1. The van der Waals surface area contributed by atoms with E-state index in [0.29, 0.717) is 5.69 Å². The Bertz CT molecular complexity index is 938. The second-order valence-electron chi connectivity index (χ2n) is 6.62. The molecular weight excluding hydrogens is 288 g/mol. The van der Waals surface area contributed by atoms with Crippen LogP contribution in [-0.4, -0.2) is 12.1 Å².